The summed E-state index contributed by atoms with van der Waals surface area (Å²) in [6, 6.07) is 6.85. The van der Waals surface area contributed by atoms with E-state index in [1.54, 1.807) is 30.3 Å². The molecule has 0 radical (unpaired) electrons. The fourth-order valence-corrected chi connectivity index (χ4v) is 2.75. The Hall–Kier alpha value is -2.34. The summed E-state index contributed by atoms with van der Waals surface area (Å²) >= 11 is 0. The van der Waals surface area contributed by atoms with Crippen LogP contribution in [-0.2, 0) is 4.79 Å². The Kier molecular flexibility index (Phi) is 6.17. The molecule has 0 bridgehead atoms. The van der Waals surface area contributed by atoms with E-state index >= 15 is 0 Å². The molecule has 1 aromatic rings. The van der Waals surface area contributed by atoms with Crippen molar-refractivity contribution in [3.8, 4) is 0 Å². The number of nitrogens with two attached hydrogens (primary N) is 1. The maximum absolute atomic E-state index is 12.0. The first-order valence-electron chi connectivity index (χ1n) is 7.89. The van der Waals surface area contributed by atoms with Gasteiger partial charge in [0.05, 0.1) is 0 Å². The molecule has 0 heterocycles. The van der Waals surface area contributed by atoms with Gasteiger partial charge in [0, 0.05) is 30.4 Å². The molecule has 1 fully saturated rings. The molecule has 124 valence electrons. The van der Waals surface area contributed by atoms with Crippen molar-refractivity contribution in [2.45, 2.75) is 31.7 Å². The van der Waals surface area contributed by atoms with Crippen LogP contribution >= 0.6 is 0 Å². The standard InChI is InChI=1S/C17H24N4O2/c1-2-10-19-17(23)21-14-8-6-13(7-9-14)20-16(22)11-12-4-3-5-15(12)18/h2,6-9,12,15H,1,3-5,10-11,18H2,(H,20,22)(H2,19,21,23)/t12-,15+/m0/s1. The van der Waals surface area contributed by atoms with E-state index < -0.39 is 0 Å². The van der Waals surface area contributed by atoms with Crippen LogP contribution in [0.25, 0.3) is 0 Å². The van der Waals surface area contributed by atoms with Gasteiger partial charge >= 0.3 is 6.03 Å². The van der Waals surface area contributed by atoms with Gasteiger partial charge in [0.1, 0.15) is 0 Å². The molecule has 5 N–H and O–H groups in total. The molecule has 1 aromatic carbocycles. The summed E-state index contributed by atoms with van der Waals surface area (Å²) in [4.78, 5) is 23.5. The third kappa shape index (κ3) is 5.41. The molecule has 1 aliphatic rings. The predicted octanol–water partition coefficient (Wildman–Crippen LogP) is 2.45. The lowest BCUT2D eigenvalue weighted by molar-refractivity contribution is -0.117. The number of hydrogen-bond acceptors (Lipinski definition) is 3. The normalized spacial score (nSPS) is 19.9. The summed E-state index contributed by atoms with van der Waals surface area (Å²) in [6.45, 7) is 3.94. The van der Waals surface area contributed by atoms with Gasteiger partial charge in [-0.1, -0.05) is 12.5 Å². The second-order valence-corrected chi connectivity index (χ2v) is 5.81. The van der Waals surface area contributed by atoms with Crippen LogP contribution in [-0.4, -0.2) is 24.5 Å². The van der Waals surface area contributed by atoms with E-state index in [9.17, 15) is 9.59 Å². The molecule has 0 saturated heterocycles. The van der Waals surface area contributed by atoms with E-state index in [1.807, 2.05) is 0 Å². The van der Waals surface area contributed by atoms with Gasteiger partial charge in [0.2, 0.25) is 5.91 Å². The van der Waals surface area contributed by atoms with Gasteiger partial charge < -0.3 is 21.7 Å². The predicted molar refractivity (Wildman–Crippen MR) is 92.2 cm³/mol. The molecule has 6 nitrogen and oxygen atoms in total. The largest absolute Gasteiger partial charge is 0.334 e. The summed E-state index contributed by atoms with van der Waals surface area (Å²) in [7, 11) is 0. The van der Waals surface area contributed by atoms with Crippen LogP contribution in [0.1, 0.15) is 25.7 Å². The van der Waals surface area contributed by atoms with Crippen molar-refractivity contribution < 1.29 is 9.59 Å². The van der Waals surface area contributed by atoms with E-state index in [0.29, 0.717) is 24.3 Å². The van der Waals surface area contributed by atoms with Crippen LogP contribution in [0.5, 0.6) is 0 Å². The molecule has 23 heavy (non-hydrogen) atoms. The fraction of sp³-hybridized carbons (Fsp3) is 0.412. The topological polar surface area (TPSA) is 96.2 Å². The lowest BCUT2D eigenvalue weighted by atomic mass is 10.00. The van der Waals surface area contributed by atoms with Crippen LogP contribution in [0, 0.1) is 5.92 Å². The van der Waals surface area contributed by atoms with Gasteiger partial charge in [-0.15, -0.1) is 6.58 Å². The van der Waals surface area contributed by atoms with E-state index in [1.165, 1.54) is 0 Å². The quantitative estimate of drug-likeness (QED) is 0.607. The smallest absolute Gasteiger partial charge is 0.319 e. The molecule has 6 heteroatoms. The van der Waals surface area contributed by atoms with E-state index in [-0.39, 0.29) is 23.9 Å². The molecule has 1 saturated carbocycles. The van der Waals surface area contributed by atoms with E-state index in [0.717, 1.165) is 19.3 Å². The maximum Gasteiger partial charge on any atom is 0.319 e. The molecule has 0 spiro atoms. The molecule has 0 aliphatic heterocycles. The summed E-state index contributed by atoms with van der Waals surface area (Å²) in [5, 5.41) is 8.19. The Labute approximate surface area is 136 Å². The number of amides is 3. The average Bonchev–Trinajstić information content (AvgIpc) is 2.92. The number of benzene rings is 1. The van der Waals surface area contributed by atoms with Crippen LogP contribution < -0.4 is 21.7 Å². The first kappa shape index (κ1) is 17.0. The SMILES string of the molecule is C=CCNC(=O)Nc1ccc(NC(=O)C[C@@H]2CCC[C@H]2N)cc1. The highest BCUT2D eigenvalue weighted by Gasteiger charge is 2.25. The molecule has 2 atom stereocenters. The highest BCUT2D eigenvalue weighted by Crippen LogP contribution is 2.27. The van der Waals surface area contributed by atoms with Gasteiger partial charge in [0.15, 0.2) is 0 Å². The minimum atomic E-state index is -0.295. The Morgan fingerprint density at radius 1 is 1.17 bits per heavy atom. The second kappa shape index (κ2) is 8.33. The minimum absolute atomic E-state index is 0.0169. The monoisotopic (exact) mass is 316 g/mol. The zero-order valence-electron chi connectivity index (χ0n) is 13.2. The van der Waals surface area contributed by atoms with E-state index in [4.69, 9.17) is 5.73 Å². The van der Waals surface area contributed by atoms with Gasteiger partial charge in [0.25, 0.3) is 0 Å². The number of carbonyl (C=O) groups is 2. The minimum Gasteiger partial charge on any atom is -0.334 e. The number of urea groups is 1. The first-order valence-corrected chi connectivity index (χ1v) is 7.89. The molecule has 1 aliphatic carbocycles. The zero-order valence-corrected chi connectivity index (χ0v) is 13.2. The number of anilines is 2. The van der Waals surface area contributed by atoms with Crippen LogP contribution in [0.2, 0.25) is 0 Å². The molecule has 0 unspecified atom stereocenters. The highest BCUT2D eigenvalue weighted by atomic mass is 16.2. The van der Waals surface area contributed by atoms with Gasteiger partial charge in [-0.25, -0.2) is 4.79 Å². The van der Waals surface area contributed by atoms with Gasteiger partial charge in [-0.05, 0) is 43.0 Å². The number of hydrogen-bond donors (Lipinski definition) is 4. The Morgan fingerprint density at radius 3 is 2.39 bits per heavy atom. The highest BCUT2D eigenvalue weighted by molar-refractivity contribution is 5.92. The second-order valence-electron chi connectivity index (χ2n) is 5.81. The van der Waals surface area contributed by atoms with Gasteiger partial charge in [-0.2, -0.15) is 0 Å². The number of carbonyl (C=O) groups excluding carboxylic acids is 2. The third-order valence-electron chi connectivity index (χ3n) is 4.00. The molecule has 0 aromatic heterocycles. The van der Waals surface area contributed by atoms with Crippen LogP contribution in [0.4, 0.5) is 16.2 Å². The maximum atomic E-state index is 12.0. The number of nitrogens with one attached hydrogen (secondary N) is 3. The average molecular weight is 316 g/mol. The van der Waals surface area contributed by atoms with Crippen LogP contribution in [0.3, 0.4) is 0 Å². The lowest BCUT2D eigenvalue weighted by Crippen LogP contribution is -2.28. The van der Waals surface area contributed by atoms with Crippen molar-refractivity contribution in [2.75, 3.05) is 17.2 Å². The molecule has 3 amide bonds. The number of rotatable bonds is 6. The molecule has 2 rings (SSSR count). The summed E-state index contributed by atoms with van der Waals surface area (Å²) < 4.78 is 0. The Balaban J connectivity index is 1.81. The Morgan fingerprint density at radius 2 is 1.83 bits per heavy atom. The Bertz CT molecular complexity index is 556. The van der Waals surface area contributed by atoms with E-state index in [2.05, 4.69) is 22.5 Å². The zero-order chi connectivity index (χ0) is 16.7. The van der Waals surface area contributed by atoms with Crippen molar-refractivity contribution >= 4 is 23.3 Å². The summed E-state index contributed by atoms with van der Waals surface area (Å²) in [6.07, 6.45) is 5.20. The first-order chi connectivity index (χ1) is 11.1. The van der Waals surface area contributed by atoms with Crippen molar-refractivity contribution in [2.24, 2.45) is 11.7 Å². The fourth-order valence-electron chi connectivity index (χ4n) is 2.75. The third-order valence-corrected chi connectivity index (χ3v) is 4.00. The van der Waals surface area contributed by atoms with Crippen molar-refractivity contribution in [1.29, 1.82) is 0 Å². The van der Waals surface area contributed by atoms with Crippen molar-refractivity contribution in [3.05, 3.63) is 36.9 Å². The molecular weight excluding hydrogens is 292 g/mol. The summed E-state index contributed by atoms with van der Waals surface area (Å²) in [5.41, 5.74) is 7.35. The lowest BCUT2D eigenvalue weighted by Gasteiger charge is -2.15. The summed E-state index contributed by atoms with van der Waals surface area (Å²) in [5.74, 6) is 0.265. The van der Waals surface area contributed by atoms with Gasteiger partial charge in [-0.3, -0.25) is 4.79 Å². The molecular formula is C17H24N4O2. The van der Waals surface area contributed by atoms with Crippen molar-refractivity contribution in [1.82, 2.24) is 5.32 Å². The van der Waals surface area contributed by atoms with Crippen LogP contribution in [0.15, 0.2) is 36.9 Å². The van der Waals surface area contributed by atoms with Crippen molar-refractivity contribution in [3.63, 3.8) is 0 Å².